The molecule has 2 aromatic rings. The fourth-order valence-electron chi connectivity index (χ4n) is 1.77. The normalized spacial score (nSPS) is 12.8. The second-order valence-corrected chi connectivity index (χ2v) is 12.9. The van der Waals surface area contributed by atoms with E-state index in [0.29, 0.717) is 0 Å². The molecule has 0 aliphatic rings. The predicted molar refractivity (Wildman–Crippen MR) is 103 cm³/mol. The van der Waals surface area contributed by atoms with E-state index in [-0.39, 0.29) is 0 Å². The maximum absolute atomic E-state index is 5.88. The van der Waals surface area contributed by atoms with Crippen LogP contribution in [0.2, 0.25) is 24.7 Å². The van der Waals surface area contributed by atoms with Gasteiger partial charge in [-0.25, -0.2) is 0 Å². The van der Waals surface area contributed by atoms with E-state index in [0.717, 1.165) is 10.7 Å². The van der Waals surface area contributed by atoms with Crippen molar-refractivity contribution in [1.82, 2.24) is 0 Å². The molecule has 0 N–H and O–H groups in total. The molecule has 114 valence electrons. The number of allylic oxidation sites excluding steroid dienone is 1. The van der Waals surface area contributed by atoms with Gasteiger partial charge in [0.2, 0.25) is 0 Å². The van der Waals surface area contributed by atoms with Crippen LogP contribution in [-0.4, -0.2) is 14.3 Å². The Morgan fingerprint density at radius 2 is 1.64 bits per heavy atom. The van der Waals surface area contributed by atoms with Crippen LogP contribution in [0.3, 0.4) is 0 Å². The number of aliphatic imine (C=N–C) groups is 1. The van der Waals surface area contributed by atoms with E-state index in [1.807, 2.05) is 48.3 Å². The Morgan fingerprint density at radius 1 is 1.00 bits per heavy atom. The molecule has 22 heavy (non-hydrogen) atoms. The molecule has 4 heteroatoms. The molecule has 0 atom stereocenters. The number of halogens is 1. The third-order valence-electron chi connectivity index (χ3n) is 2.99. The average Bonchev–Trinajstić information content (AvgIpc) is 2.48. The zero-order valence-electron chi connectivity index (χ0n) is 13.1. The minimum absolute atomic E-state index is 0.733. The quantitative estimate of drug-likeness (QED) is 0.338. The van der Waals surface area contributed by atoms with Gasteiger partial charge >= 0.3 is 0 Å². The molecule has 0 saturated heterocycles. The highest BCUT2D eigenvalue weighted by atomic mass is 35.5. The van der Waals surface area contributed by atoms with Gasteiger partial charge in [0.05, 0.1) is 13.8 Å². The van der Waals surface area contributed by atoms with Crippen LogP contribution in [0.1, 0.15) is 0 Å². The summed E-state index contributed by atoms with van der Waals surface area (Å²) in [7, 11) is -1.40. The molecule has 0 bridgehead atoms. The average molecular weight is 346 g/mol. The van der Waals surface area contributed by atoms with Gasteiger partial charge in [-0.05, 0) is 47.0 Å². The number of hydrogen-bond acceptors (Lipinski definition) is 2. The number of hydrogen-bond donors (Lipinski definition) is 0. The van der Waals surface area contributed by atoms with Crippen molar-refractivity contribution in [1.29, 1.82) is 0 Å². The lowest BCUT2D eigenvalue weighted by Gasteiger charge is -2.19. The van der Waals surface area contributed by atoms with Gasteiger partial charge in [-0.3, -0.25) is 4.99 Å². The Balaban J connectivity index is 2.16. The van der Waals surface area contributed by atoms with E-state index in [1.54, 1.807) is 0 Å². The van der Waals surface area contributed by atoms with Crippen molar-refractivity contribution < 1.29 is 0 Å². The molecule has 0 aliphatic carbocycles. The van der Waals surface area contributed by atoms with Crippen LogP contribution in [0.5, 0.6) is 0 Å². The van der Waals surface area contributed by atoms with Crippen LogP contribution in [0.4, 0.5) is 5.69 Å². The summed E-state index contributed by atoms with van der Waals surface area (Å²) < 4.78 is 1.41. The Morgan fingerprint density at radius 3 is 2.23 bits per heavy atom. The van der Waals surface area contributed by atoms with Crippen LogP contribution in [0.25, 0.3) is 0 Å². The van der Waals surface area contributed by atoms with E-state index in [1.165, 1.54) is 9.42 Å². The Labute approximate surface area is 143 Å². The molecule has 0 aromatic heterocycles. The smallest absolute Gasteiger partial charge is 0.0862 e. The molecular formula is C18H20ClNSSi. The maximum Gasteiger partial charge on any atom is 0.0862 e. The van der Waals surface area contributed by atoms with Crippen LogP contribution >= 0.6 is 23.4 Å². The highest BCUT2D eigenvalue weighted by Crippen LogP contribution is 2.32. The summed E-state index contributed by atoms with van der Waals surface area (Å²) in [6, 6.07) is 18.1. The summed E-state index contributed by atoms with van der Waals surface area (Å²) in [4.78, 5) is 5.77. The van der Waals surface area contributed by atoms with Gasteiger partial charge in [0.25, 0.3) is 0 Å². The molecule has 0 amide bonds. The number of rotatable bonds is 5. The Hall–Kier alpha value is -1.29. The van der Waals surface area contributed by atoms with Crippen molar-refractivity contribution in [2.45, 2.75) is 24.5 Å². The molecule has 2 rings (SSSR count). The van der Waals surface area contributed by atoms with Crippen molar-refractivity contribution in [3.05, 3.63) is 70.2 Å². The Kier molecular flexibility index (Phi) is 6.06. The maximum atomic E-state index is 5.88. The van der Waals surface area contributed by atoms with Crippen LogP contribution in [0.15, 0.2) is 75.1 Å². The summed E-state index contributed by atoms with van der Waals surface area (Å²) in [5, 5.41) is 0.733. The second-order valence-electron chi connectivity index (χ2n) is 5.95. The zero-order valence-corrected chi connectivity index (χ0v) is 15.7. The molecule has 0 unspecified atom stereocenters. The molecule has 0 heterocycles. The lowest BCUT2D eigenvalue weighted by Crippen LogP contribution is -2.22. The van der Waals surface area contributed by atoms with E-state index < -0.39 is 8.07 Å². The van der Waals surface area contributed by atoms with E-state index in [4.69, 9.17) is 11.6 Å². The summed E-state index contributed by atoms with van der Waals surface area (Å²) >= 11 is 7.73. The topological polar surface area (TPSA) is 12.4 Å². The monoisotopic (exact) mass is 345 g/mol. The van der Waals surface area contributed by atoms with E-state index >= 15 is 0 Å². The van der Waals surface area contributed by atoms with E-state index in [2.05, 4.69) is 55.0 Å². The number of benzene rings is 2. The minimum atomic E-state index is -1.40. The predicted octanol–water partition coefficient (Wildman–Crippen LogP) is 6.60. The van der Waals surface area contributed by atoms with E-state index in [9.17, 15) is 0 Å². The summed E-state index contributed by atoms with van der Waals surface area (Å²) in [6.07, 6.45) is 4.05. The SMILES string of the molecule is C[Si](C)(C)/C(=C\C=Nc1ccc(Cl)cc1)Sc1ccccc1. The van der Waals surface area contributed by atoms with Crippen molar-refractivity contribution in [3.8, 4) is 0 Å². The first-order chi connectivity index (χ1) is 10.4. The standard InChI is InChI=1S/C18H20ClNSSi/c1-22(2,3)18(21-17-7-5-4-6-8-17)13-14-20-16-11-9-15(19)10-12-16/h4-14H,1-3H3/b18-13-,20-14?. The largest absolute Gasteiger partial charge is 0.257 e. The first-order valence-corrected chi connectivity index (χ1v) is 11.9. The van der Waals surface area contributed by atoms with Crippen molar-refractivity contribution in [3.63, 3.8) is 0 Å². The molecule has 0 spiro atoms. The molecule has 2 aromatic carbocycles. The van der Waals surface area contributed by atoms with Gasteiger partial charge in [-0.1, -0.05) is 61.2 Å². The highest BCUT2D eigenvalue weighted by molar-refractivity contribution is 8.05. The lowest BCUT2D eigenvalue weighted by molar-refractivity contribution is 1.47. The van der Waals surface area contributed by atoms with Crippen LogP contribution < -0.4 is 0 Å². The molecule has 0 saturated carbocycles. The fraction of sp³-hybridized carbons (Fsp3) is 0.167. The summed E-state index contributed by atoms with van der Waals surface area (Å²) in [5.41, 5.74) is 0.917. The molecule has 0 fully saturated rings. The third-order valence-corrected chi connectivity index (χ3v) is 7.89. The van der Waals surface area contributed by atoms with Gasteiger partial charge in [0, 0.05) is 16.1 Å². The molecule has 0 aliphatic heterocycles. The zero-order chi connectivity index (χ0) is 16.0. The van der Waals surface area contributed by atoms with Crippen molar-refractivity contribution in [2.75, 3.05) is 0 Å². The lowest BCUT2D eigenvalue weighted by atomic mass is 10.3. The summed E-state index contributed by atoms with van der Waals surface area (Å²) in [6.45, 7) is 7.06. The van der Waals surface area contributed by atoms with Crippen LogP contribution in [-0.2, 0) is 0 Å². The Bertz CT molecular complexity index is 658. The highest BCUT2D eigenvalue weighted by Gasteiger charge is 2.20. The number of thioether (sulfide) groups is 1. The fourth-order valence-corrected chi connectivity index (χ4v) is 4.73. The molecular weight excluding hydrogens is 326 g/mol. The minimum Gasteiger partial charge on any atom is -0.257 e. The summed E-state index contributed by atoms with van der Waals surface area (Å²) in [5.74, 6) is 0. The first kappa shape index (κ1) is 17.1. The third kappa shape index (κ3) is 5.48. The van der Waals surface area contributed by atoms with Gasteiger partial charge in [-0.15, -0.1) is 0 Å². The van der Waals surface area contributed by atoms with Gasteiger partial charge in [0.15, 0.2) is 0 Å². The second kappa shape index (κ2) is 7.81. The van der Waals surface area contributed by atoms with Gasteiger partial charge in [0.1, 0.15) is 0 Å². The van der Waals surface area contributed by atoms with Gasteiger partial charge < -0.3 is 0 Å². The first-order valence-electron chi connectivity index (χ1n) is 7.18. The van der Waals surface area contributed by atoms with Crippen molar-refractivity contribution >= 4 is 43.3 Å². The van der Waals surface area contributed by atoms with Crippen LogP contribution in [0, 0.1) is 0 Å². The molecule has 1 nitrogen and oxygen atoms in total. The van der Waals surface area contributed by atoms with Crippen molar-refractivity contribution in [2.24, 2.45) is 4.99 Å². The molecule has 0 radical (unpaired) electrons. The number of nitrogens with zero attached hydrogens (tertiary/aromatic N) is 1. The van der Waals surface area contributed by atoms with Gasteiger partial charge in [-0.2, -0.15) is 0 Å².